The molecule has 2 rings (SSSR count). The van der Waals surface area contributed by atoms with E-state index in [9.17, 15) is 4.79 Å². The summed E-state index contributed by atoms with van der Waals surface area (Å²) < 4.78 is 0. The van der Waals surface area contributed by atoms with Crippen molar-refractivity contribution in [1.29, 1.82) is 0 Å². The number of carbonyl (C=O) groups is 1. The summed E-state index contributed by atoms with van der Waals surface area (Å²) in [5.74, 6) is 0.108. The van der Waals surface area contributed by atoms with Crippen molar-refractivity contribution in [3.63, 3.8) is 0 Å². The number of piperazine rings is 1. The van der Waals surface area contributed by atoms with Crippen LogP contribution >= 0.6 is 0 Å². The molecule has 1 aromatic rings. The molecule has 0 aliphatic carbocycles. The summed E-state index contributed by atoms with van der Waals surface area (Å²) in [5, 5.41) is 6.49. The Bertz CT molecular complexity index is 465. The fourth-order valence-electron chi connectivity index (χ4n) is 3.03. The van der Waals surface area contributed by atoms with Crippen molar-refractivity contribution in [2.75, 3.05) is 25.0 Å². The normalized spacial score (nSPS) is 23.0. The van der Waals surface area contributed by atoms with Gasteiger partial charge < -0.3 is 15.5 Å². The van der Waals surface area contributed by atoms with Gasteiger partial charge in [0.15, 0.2) is 0 Å². The van der Waals surface area contributed by atoms with Crippen LogP contribution in [0.2, 0.25) is 0 Å². The molecular formula is C17H27N3O. The van der Waals surface area contributed by atoms with E-state index in [1.165, 1.54) is 0 Å². The Balaban J connectivity index is 1.69. The second kappa shape index (κ2) is 7.57. The number of benzene rings is 1. The Kier molecular flexibility index (Phi) is 5.76. The zero-order chi connectivity index (χ0) is 15.2. The van der Waals surface area contributed by atoms with E-state index in [1.807, 2.05) is 31.2 Å². The number of hydrogen-bond acceptors (Lipinski definition) is 3. The minimum absolute atomic E-state index is 0.108. The zero-order valence-corrected chi connectivity index (χ0v) is 13.4. The van der Waals surface area contributed by atoms with Crippen LogP contribution in [0.4, 0.5) is 5.69 Å². The van der Waals surface area contributed by atoms with Gasteiger partial charge >= 0.3 is 0 Å². The standard InChI is InChI=1S/C17H27N3O/c1-13-6-4-7-16(10-13)19-17(21)8-5-9-20-11-14(2)18-15(3)12-20/h4,6-7,10,14-15,18H,5,8-9,11-12H2,1-3H3,(H,19,21). The number of amides is 1. The lowest BCUT2D eigenvalue weighted by atomic mass is 10.1. The highest BCUT2D eigenvalue weighted by Gasteiger charge is 2.20. The summed E-state index contributed by atoms with van der Waals surface area (Å²) in [4.78, 5) is 14.4. The van der Waals surface area contributed by atoms with E-state index in [-0.39, 0.29) is 5.91 Å². The number of hydrogen-bond donors (Lipinski definition) is 2. The Labute approximate surface area is 127 Å². The minimum Gasteiger partial charge on any atom is -0.326 e. The zero-order valence-electron chi connectivity index (χ0n) is 13.4. The molecule has 0 bridgehead atoms. The Morgan fingerprint density at radius 2 is 2.05 bits per heavy atom. The van der Waals surface area contributed by atoms with Crippen molar-refractivity contribution in [3.05, 3.63) is 29.8 Å². The van der Waals surface area contributed by atoms with Crippen molar-refractivity contribution >= 4 is 11.6 Å². The van der Waals surface area contributed by atoms with Crippen LogP contribution in [0.15, 0.2) is 24.3 Å². The summed E-state index contributed by atoms with van der Waals surface area (Å²) in [6.45, 7) is 9.61. The van der Waals surface area contributed by atoms with Gasteiger partial charge in [0.25, 0.3) is 0 Å². The highest BCUT2D eigenvalue weighted by Crippen LogP contribution is 2.11. The highest BCUT2D eigenvalue weighted by atomic mass is 16.1. The minimum atomic E-state index is 0.108. The average Bonchev–Trinajstić information content (AvgIpc) is 2.37. The molecule has 1 aliphatic rings. The monoisotopic (exact) mass is 289 g/mol. The second-order valence-corrected chi connectivity index (χ2v) is 6.25. The topological polar surface area (TPSA) is 44.4 Å². The van der Waals surface area contributed by atoms with E-state index < -0.39 is 0 Å². The number of rotatable bonds is 5. The van der Waals surface area contributed by atoms with Gasteiger partial charge in [-0.05, 0) is 51.4 Å². The number of nitrogens with zero attached hydrogens (tertiary/aromatic N) is 1. The first-order valence-corrected chi connectivity index (χ1v) is 7.88. The molecule has 0 aromatic heterocycles. The van der Waals surface area contributed by atoms with Crippen LogP contribution in [0.25, 0.3) is 0 Å². The second-order valence-electron chi connectivity index (χ2n) is 6.25. The molecule has 0 radical (unpaired) electrons. The van der Waals surface area contributed by atoms with Gasteiger partial charge in [0.2, 0.25) is 5.91 Å². The van der Waals surface area contributed by atoms with Crippen LogP contribution in [0.5, 0.6) is 0 Å². The Hall–Kier alpha value is -1.39. The van der Waals surface area contributed by atoms with Crippen LogP contribution in [0.1, 0.15) is 32.3 Å². The van der Waals surface area contributed by atoms with Gasteiger partial charge in [0.05, 0.1) is 0 Å². The van der Waals surface area contributed by atoms with Crippen molar-refractivity contribution in [2.24, 2.45) is 0 Å². The van der Waals surface area contributed by atoms with E-state index in [1.54, 1.807) is 0 Å². The Morgan fingerprint density at radius 1 is 1.33 bits per heavy atom. The van der Waals surface area contributed by atoms with Crippen LogP contribution < -0.4 is 10.6 Å². The lowest BCUT2D eigenvalue weighted by molar-refractivity contribution is -0.116. The molecule has 2 unspecified atom stereocenters. The quantitative estimate of drug-likeness (QED) is 0.875. The molecule has 0 saturated carbocycles. The van der Waals surface area contributed by atoms with Gasteiger partial charge in [-0.3, -0.25) is 4.79 Å². The first-order valence-electron chi connectivity index (χ1n) is 7.88. The number of anilines is 1. The van der Waals surface area contributed by atoms with Gasteiger partial charge in [-0.2, -0.15) is 0 Å². The predicted octanol–water partition coefficient (Wildman–Crippen LogP) is 2.40. The number of aryl methyl sites for hydroxylation is 1. The molecule has 2 N–H and O–H groups in total. The van der Waals surface area contributed by atoms with Crippen LogP contribution in [-0.2, 0) is 4.79 Å². The molecule has 1 aliphatic heterocycles. The SMILES string of the molecule is Cc1cccc(NC(=O)CCCN2CC(C)NC(C)C2)c1. The fourth-order valence-corrected chi connectivity index (χ4v) is 3.03. The van der Waals surface area contributed by atoms with Gasteiger partial charge in [0.1, 0.15) is 0 Å². The van der Waals surface area contributed by atoms with Crippen molar-refractivity contribution in [3.8, 4) is 0 Å². The van der Waals surface area contributed by atoms with Crippen molar-refractivity contribution in [1.82, 2.24) is 10.2 Å². The third-order valence-electron chi connectivity index (χ3n) is 3.81. The van der Waals surface area contributed by atoms with Crippen LogP contribution in [-0.4, -0.2) is 42.5 Å². The summed E-state index contributed by atoms with van der Waals surface area (Å²) in [7, 11) is 0. The van der Waals surface area contributed by atoms with Crippen LogP contribution in [0, 0.1) is 6.92 Å². The molecule has 1 amide bonds. The maximum Gasteiger partial charge on any atom is 0.224 e. The molecule has 0 spiro atoms. The van der Waals surface area contributed by atoms with E-state index in [2.05, 4.69) is 29.4 Å². The molecule has 1 heterocycles. The predicted molar refractivity (Wildman–Crippen MR) is 87.5 cm³/mol. The first-order chi connectivity index (χ1) is 10.0. The molecule has 1 aromatic carbocycles. The fraction of sp³-hybridized carbons (Fsp3) is 0.588. The van der Waals surface area contributed by atoms with E-state index in [4.69, 9.17) is 0 Å². The van der Waals surface area contributed by atoms with E-state index in [0.717, 1.165) is 37.3 Å². The first kappa shape index (κ1) is 16.0. The molecule has 4 nitrogen and oxygen atoms in total. The largest absolute Gasteiger partial charge is 0.326 e. The maximum atomic E-state index is 12.0. The molecular weight excluding hydrogens is 262 g/mol. The van der Waals surface area contributed by atoms with Crippen LogP contribution in [0.3, 0.4) is 0 Å². The smallest absolute Gasteiger partial charge is 0.224 e. The van der Waals surface area contributed by atoms with Gasteiger partial charge in [-0.15, -0.1) is 0 Å². The Morgan fingerprint density at radius 3 is 2.71 bits per heavy atom. The number of nitrogens with one attached hydrogen (secondary N) is 2. The summed E-state index contributed by atoms with van der Waals surface area (Å²) in [5.41, 5.74) is 2.06. The van der Waals surface area contributed by atoms with Crippen molar-refractivity contribution < 1.29 is 4.79 Å². The number of carbonyl (C=O) groups excluding carboxylic acids is 1. The molecule has 21 heavy (non-hydrogen) atoms. The van der Waals surface area contributed by atoms with E-state index >= 15 is 0 Å². The molecule has 1 saturated heterocycles. The third-order valence-corrected chi connectivity index (χ3v) is 3.81. The lowest BCUT2D eigenvalue weighted by Gasteiger charge is -2.36. The average molecular weight is 289 g/mol. The van der Waals surface area contributed by atoms with Gasteiger partial charge in [0, 0.05) is 37.3 Å². The maximum absolute atomic E-state index is 12.0. The van der Waals surface area contributed by atoms with Gasteiger partial charge in [-0.1, -0.05) is 12.1 Å². The molecule has 2 atom stereocenters. The summed E-state index contributed by atoms with van der Waals surface area (Å²) in [6, 6.07) is 9.00. The molecule has 116 valence electrons. The molecule has 1 fully saturated rings. The summed E-state index contributed by atoms with van der Waals surface area (Å²) >= 11 is 0. The lowest BCUT2D eigenvalue weighted by Crippen LogP contribution is -2.54. The molecule has 4 heteroatoms. The third kappa shape index (κ3) is 5.48. The summed E-state index contributed by atoms with van der Waals surface area (Å²) in [6.07, 6.45) is 1.50. The van der Waals surface area contributed by atoms with E-state index in [0.29, 0.717) is 18.5 Å². The van der Waals surface area contributed by atoms with Crippen molar-refractivity contribution in [2.45, 2.75) is 45.7 Å². The highest BCUT2D eigenvalue weighted by molar-refractivity contribution is 5.90. The van der Waals surface area contributed by atoms with Gasteiger partial charge in [-0.25, -0.2) is 0 Å².